The fraction of sp³-hybridized carbons (Fsp3) is 0.286. The van der Waals surface area contributed by atoms with Gasteiger partial charge in [0.2, 0.25) is 5.91 Å². The molecule has 0 spiro atoms. The van der Waals surface area contributed by atoms with Gasteiger partial charge in [-0.05, 0) is 49.0 Å². The fourth-order valence-corrected chi connectivity index (χ4v) is 3.76. The number of nitrogens with zero attached hydrogens (tertiary/aromatic N) is 1. The van der Waals surface area contributed by atoms with E-state index in [-0.39, 0.29) is 5.91 Å². The molecule has 0 radical (unpaired) electrons. The molecule has 1 amide bonds. The van der Waals surface area contributed by atoms with Crippen LogP contribution in [-0.2, 0) is 11.2 Å². The summed E-state index contributed by atoms with van der Waals surface area (Å²) in [6, 6.07) is 15.9. The second-order valence-electron chi connectivity index (χ2n) is 6.43. The normalized spacial score (nSPS) is 15.7. The predicted molar refractivity (Wildman–Crippen MR) is 105 cm³/mol. The van der Waals surface area contributed by atoms with Crippen molar-refractivity contribution < 1.29 is 4.79 Å². The number of benzene rings is 2. The third-order valence-corrected chi connectivity index (χ3v) is 5.34. The van der Waals surface area contributed by atoms with Crippen LogP contribution in [0.4, 0.5) is 0 Å². The van der Waals surface area contributed by atoms with Crippen LogP contribution in [0.2, 0.25) is 10.0 Å². The van der Waals surface area contributed by atoms with Gasteiger partial charge >= 0.3 is 0 Å². The molecule has 130 valence electrons. The van der Waals surface area contributed by atoms with Gasteiger partial charge in [0.05, 0.1) is 0 Å². The Hall–Kier alpha value is -1.77. The summed E-state index contributed by atoms with van der Waals surface area (Å²) >= 11 is 12.3. The lowest BCUT2D eigenvalue weighted by Gasteiger charge is -2.31. The molecule has 0 bridgehead atoms. The van der Waals surface area contributed by atoms with Crippen LogP contribution in [0.5, 0.6) is 0 Å². The first-order valence-electron chi connectivity index (χ1n) is 8.58. The maximum atomic E-state index is 12.4. The number of halogens is 2. The predicted octanol–water partition coefficient (Wildman–Crippen LogP) is 5.49. The van der Waals surface area contributed by atoms with Gasteiger partial charge in [-0.3, -0.25) is 4.79 Å². The van der Waals surface area contributed by atoms with Crippen LogP contribution < -0.4 is 0 Å². The first kappa shape index (κ1) is 18.0. The van der Waals surface area contributed by atoms with Crippen molar-refractivity contribution in [3.8, 4) is 0 Å². The maximum Gasteiger partial charge on any atom is 0.246 e. The Kier molecular flexibility index (Phi) is 6.17. The van der Waals surface area contributed by atoms with Gasteiger partial charge in [0.1, 0.15) is 0 Å². The number of rotatable bonds is 4. The first-order valence-corrected chi connectivity index (χ1v) is 9.34. The molecule has 25 heavy (non-hydrogen) atoms. The second kappa shape index (κ2) is 8.55. The molecule has 0 atom stereocenters. The molecule has 0 unspecified atom stereocenters. The lowest BCUT2D eigenvalue weighted by atomic mass is 9.90. The quantitative estimate of drug-likeness (QED) is 0.649. The van der Waals surface area contributed by atoms with Gasteiger partial charge in [-0.25, -0.2) is 0 Å². The van der Waals surface area contributed by atoms with Crippen molar-refractivity contribution in [3.05, 3.63) is 75.8 Å². The molecule has 3 rings (SSSR count). The molecule has 0 aromatic heterocycles. The number of carbonyl (C=O) groups excluding carboxylic acids is 1. The lowest BCUT2D eigenvalue weighted by molar-refractivity contribution is -0.127. The number of hydrogen-bond donors (Lipinski definition) is 0. The van der Waals surface area contributed by atoms with E-state index < -0.39 is 0 Å². The van der Waals surface area contributed by atoms with Gasteiger partial charge in [0.15, 0.2) is 0 Å². The van der Waals surface area contributed by atoms with Crippen molar-refractivity contribution in [2.75, 3.05) is 13.1 Å². The van der Waals surface area contributed by atoms with Crippen LogP contribution in [0.3, 0.4) is 0 Å². The average molecular weight is 374 g/mol. The average Bonchev–Trinajstić information content (AvgIpc) is 2.62. The third kappa shape index (κ3) is 4.87. The summed E-state index contributed by atoms with van der Waals surface area (Å²) in [5.74, 6) is 0.669. The van der Waals surface area contributed by atoms with Crippen molar-refractivity contribution in [3.63, 3.8) is 0 Å². The molecule has 4 heteroatoms. The number of hydrogen-bond acceptors (Lipinski definition) is 1. The highest BCUT2D eigenvalue weighted by molar-refractivity contribution is 6.37. The van der Waals surface area contributed by atoms with Gasteiger partial charge in [-0.1, -0.05) is 59.6 Å². The van der Waals surface area contributed by atoms with E-state index in [4.69, 9.17) is 23.2 Å². The molecule has 0 saturated carbocycles. The Morgan fingerprint density at radius 3 is 2.28 bits per heavy atom. The topological polar surface area (TPSA) is 20.3 Å². The monoisotopic (exact) mass is 373 g/mol. The van der Waals surface area contributed by atoms with Gasteiger partial charge in [0.25, 0.3) is 0 Å². The molecule has 2 aromatic rings. The van der Waals surface area contributed by atoms with Gasteiger partial charge in [-0.15, -0.1) is 0 Å². The summed E-state index contributed by atoms with van der Waals surface area (Å²) in [5.41, 5.74) is 2.07. The van der Waals surface area contributed by atoms with Crippen molar-refractivity contribution in [1.82, 2.24) is 4.90 Å². The highest BCUT2D eigenvalue weighted by Crippen LogP contribution is 2.26. The Morgan fingerprint density at radius 1 is 1.00 bits per heavy atom. The molecule has 1 heterocycles. The third-order valence-electron chi connectivity index (χ3n) is 4.69. The van der Waals surface area contributed by atoms with Gasteiger partial charge in [-0.2, -0.15) is 0 Å². The molecule has 1 aliphatic heterocycles. The van der Waals surface area contributed by atoms with Crippen LogP contribution in [0.25, 0.3) is 6.08 Å². The maximum absolute atomic E-state index is 12.4. The Labute approximate surface area is 159 Å². The molecule has 1 saturated heterocycles. The summed E-state index contributed by atoms with van der Waals surface area (Å²) in [6.45, 7) is 1.61. The van der Waals surface area contributed by atoms with E-state index in [1.807, 2.05) is 11.0 Å². The van der Waals surface area contributed by atoms with Crippen LogP contribution >= 0.6 is 23.2 Å². The molecule has 1 aliphatic rings. The first-order chi connectivity index (χ1) is 12.1. The Bertz CT molecular complexity index is 729. The summed E-state index contributed by atoms with van der Waals surface area (Å²) in [5, 5.41) is 1.11. The molecule has 2 aromatic carbocycles. The van der Waals surface area contributed by atoms with Crippen LogP contribution in [-0.4, -0.2) is 23.9 Å². The van der Waals surface area contributed by atoms with E-state index in [2.05, 4.69) is 24.3 Å². The fourth-order valence-electron chi connectivity index (χ4n) is 3.23. The number of piperidine rings is 1. The SMILES string of the molecule is O=C(/C=C/c1c(Cl)cccc1Cl)N1CCC(Cc2ccccc2)CC1. The van der Waals surface area contributed by atoms with Crippen LogP contribution in [0.15, 0.2) is 54.6 Å². The molecule has 0 aliphatic carbocycles. The van der Waals surface area contributed by atoms with E-state index in [0.717, 1.165) is 32.4 Å². The largest absolute Gasteiger partial charge is 0.339 e. The molecule has 0 N–H and O–H groups in total. The van der Waals surface area contributed by atoms with E-state index in [1.165, 1.54) is 5.56 Å². The highest BCUT2D eigenvalue weighted by atomic mass is 35.5. The standard InChI is InChI=1S/C21H21Cl2NO/c22-19-7-4-8-20(23)18(19)9-10-21(25)24-13-11-17(12-14-24)15-16-5-2-1-3-6-16/h1-10,17H,11-15H2/b10-9+. The van der Waals surface area contributed by atoms with Gasteiger partial charge < -0.3 is 4.90 Å². The van der Waals surface area contributed by atoms with Crippen molar-refractivity contribution in [1.29, 1.82) is 0 Å². The van der Waals surface area contributed by atoms with Crippen molar-refractivity contribution >= 4 is 35.2 Å². The van der Waals surface area contributed by atoms with E-state index in [1.54, 1.807) is 30.4 Å². The summed E-state index contributed by atoms with van der Waals surface area (Å²) < 4.78 is 0. The number of amides is 1. The van der Waals surface area contributed by atoms with E-state index in [9.17, 15) is 4.79 Å². The Morgan fingerprint density at radius 2 is 1.64 bits per heavy atom. The Balaban J connectivity index is 1.54. The molecular formula is C21H21Cl2NO. The minimum atomic E-state index is 0.0224. The minimum absolute atomic E-state index is 0.0224. The van der Waals surface area contributed by atoms with E-state index in [0.29, 0.717) is 21.5 Å². The summed E-state index contributed by atoms with van der Waals surface area (Å²) in [7, 11) is 0. The highest BCUT2D eigenvalue weighted by Gasteiger charge is 2.21. The van der Waals surface area contributed by atoms with Crippen LogP contribution in [0.1, 0.15) is 24.0 Å². The zero-order valence-electron chi connectivity index (χ0n) is 14.0. The molecule has 2 nitrogen and oxygen atoms in total. The van der Waals surface area contributed by atoms with Gasteiger partial charge in [0, 0.05) is 34.8 Å². The van der Waals surface area contributed by atoms with Crippen LogP contribution in [0, 0.1) is 5.92 Å². The van der Waals surface area contributed by atoms with E-state index >= 15 is 0 Å². The smallest absolute Gasteiger partial charge is 0.246 e. The number of likely N-dealkylation sites (tertiary alicyclic amines) is 1. The summed E-state index contributed by atoms with van der Waals surface area (Å²) in [6.07, 6.45) is 6.46. The zero-order valence-corrected chi connectivity index (χ0v) is 15.5. The summed E-state index contributed by atoms with van der Waals surface area (Å²) in [4.78, 5) is 14.3. The van der Waals surface area contributed by atoms with Crippen molar-refractivity contribution in [2.24, 2.45) is 5.92 Å². The second-order valence-corrected chi connectivity index (χ2v) is 7.24. The minimum Gasteiger partial charge on any atom is -0.339 e. The van der Waals surface area contributed by atoms with Crippen molar-refractivity contribution in [2.45, 2.75) is 19.3 Å². The zero-order chi connectivity index (χ0) is 17.6. The lowest BCUT2D eigenvalue weighted by Crippen LogP contribution is -2.37. The molecular weight excluding hydrogens is 353 g/mol. The number of carbonyl (C=O) groups is 1. The molecule has 1 fully saturated rings.